The van der Waals surface area contributed by atoms with Crippen molar-refractivity contribution < 1.29 is 45.8 Å². The Balaban J connectivity index is 0.000000203. The third-order valence-corrected chi connectivity index (χ3v) is 12.1. The maximum Gasteiger partial charge on any atom is 0.331 e. The number of carbonyl (C=O) groups is 2. The molecule has 6 aromatic rings. The van der Waals surface area contributed by atoms with Crippen molar-refractivity contribution in [2.75, 3.05) is 13.1 Å². The van der Waals surface area contributed by atoms with Crippen LogP contribution in [0.1, 0.15) is 119 Å². The molecule has 0 unspecified atom stereocenters. The number of fused-ring (bicyclic) bond motifs is 6. The number of hydrogen-bond donors (Lipinski definition) is 3. The summed E-state index contributed by atoms with van der Waals surface area (Å²) in [4.78, 5) is 33.1. The zero-order valence-electron chi connectivity index (χ0n) is 39.7. The molecule has 0 bridgehead atoms. The van der Waals surface area contributed by atoms with Crippen LogP contribution < -0.4 is 0 Å². The standard InChI is InChI=1S/C29H33F3N2O2.C25H25F3N2O2/c1-17-13-20-19-9-7-8-10-23(19)33-26(20)27(34(17)16-29(5,6)32)25-21(30)14-18(15-22(25)31)11-12-24(35)36-28(2,3)4;1-14-10-17-16-6-4-5-7-20(16)29-23(17)24(30(14)13-25(2,3)28)22-18(26)11-15(12-19(22)27)8-9-21(31)32/h7-12,14-15,17,27,33H,13,16H2,1-6H3;4-9,11-12,14,24,29H,10,13H2,1-3H3,(H,31,32)/b12-11+;9-8+/t17-,27-;14-,24-/m11/s1. The first-order chi connectivity index (χ1) is 31.8. The van der Waals surface area contributed by atoms with Crippen LogP contribution in [0.25, 0.3) is 34.0 Å². The van der Waals surface area contributed by atoms with Crippen molar-refractivity contribution in [2.24, 2.45) is 0 Å². The summed E-state index contributed by atoms with van der Waals surface area (Å²) in [5.41, 5.74) is 1.17. The molecule has 8 nitrogen and oxygen atoms in total. The van der Waals surface area contributed by atoms with Gasteiger partial charge >= 0.3 is 11.9 Å². The van der Waals surface area contributed by atoms with Crippen LogP contribution in [0, 0.1) is 23.3 Å². The average Bonchev–Trinajstić information content (AvgIpc) is 3.77. The Kier molecular flexibility index (Phi) is 14.0. The number of nitrogens with zero attached hydrogens (tertiary/aromatic N) is 2. The molecule has 0 saturated heterocycles. The molecule has 2 aromatic heterocycles. The van der Waals surface area contributed by atoms with E-state index >= 15 is 17.6 Å². The van der Waals surface area contributed by atoms with Crippen molar-refractivity contribution in [2.45, 2.75) is 116 Å². The van der Waals surface area contributed by atoms with Crippen molar-refractivity contribution in [3.05, 3.63) is 153 Å². The van der Waals surface area contributed by atoms with Gasteiger partial charge in [-0.1, -0.05) is 36.4 Å². The number of benzene rings is 4. The monoisotopic (exact) mass is 940 g/mol. The van der Waals surface area contributed by atoms with Crippen LogP contribution in [0.15, 0.2) is 84.9 Å². The molecule has 0 spiro atoms. The largest absolute Gasteiger partial charge is 0.478 e. The van der Waals surface area contributed by atoms with Gasteiger partial charge in [0.2, 0.25) is 0 Å². The van der Waals surface area contributed by atoms with E-state index in [9.17, 15) is 18.4 Å². The number of nitrogens with one attached hydrogen (secondary N) is 2. The van der Waals surface area contributed by atoms with Crippen molar-refractivity contribution in [3.8, 4) is 0 Å². The van der Waals surface area contributed by atoms with Gasteiger partial charge in [0.05, 0.1) is 12.1 Å². The van der Waals surface area contributed by atoms with E-state index in [4.69, 9.17) is 9.84 Å². The highest BCUT2D eigenvalue weighted by molar-refractivity contribution is 5.88. The van der Waals surface area contributed by atoms with E-state index in [0.29, 0.717) is 24.2 Å². The van der Waals surface area contributed by atoms with Gasteiger partial charge in [-0.3, -0.25) is 9.80 Å². The predicted octanol–water partition coefficient (Wildman–Crippen LogP) is 12.5. The van der Waals surface area contributed by atoms with Gasteiger partial charge in [-0.05, 0) is 146 Å². The molecular formula is C54H58F6N4O4. The number of carboxylic acid groups (broad SMARTS) is 1. The summed E-state index contributed by atoms with van der Waals surface area (Å²) in [7, 11) is 0. The number of alkyl halides is 2. The first-order valence-corrected chi connectivity index (χ1v) is 22.7. The molecule has 4 heterocycles. The normalized spacial score (nSPS) is 19.3. The number of carbonyl (C=O) groups excluding carboxylic acids is 1. The van der Waals surface area contributed by atoms with Gasteiger partial charge < -0.3 is 19.8 Å². The molecule has 0 amide bonds. The van der Waals surface area contributed by atoms with Gasteiger partial charge in [-0.15, -0.1) is 0 Å². The van der Waals surface area contributed by atoms with Gasteiger partial charge in [0.25, 0.3) is 0 Å². The first kappa shape index (κ1) is 49.8. The third-order valence-electron chi connectivity index (χ3n) is 12.1. The van der Waals surface area contributed by atoms with E-state index in [-0.39, 0.29) is 47.4 Å². The van der Waals surface area contributed by atoms with E-state index in [1.54, 1.807) is 25.7 Å². The Morgan fingerprint density at radius 3 is 1.37 bits per heavy atom. The molecule has 0 radical (unpaired) electrons. The quantitative estimate of drug-likeness (QED) is 0.0718. The number of rotatable bonds is 10. The summed E-state index contributed by atoms with van der Waals surface area (Å²) in [5, 5.41) is 10.8. The number of halogens is 6. The fourth-order valence-corrected chi connectivity index (χ4v) is 9.59. The van der Waals surface area contributed by atoms with Crippen LogP contribution in [-0.2, 0) is 27.2 Å². The van der Waals surface area contributed by atoms with Gasteiger partial charge in [0.1, 0.15) is 40.2 Å². The van der Waals surface area contributed by atoms with Crippen LogP contribution in [0.5, 0.6) is 0 Å². The second-order valence-corrected chi connectivity index (χ2v) is 20.2. The van der Waals surface area contributed by atoms with Crippen LogP contribution >= 0.6 is 0 Å². The van der Waals surface area contributed by atoms with Crippen LogP contribution in [-0.4, -0.2) is 78.9 Å². The lowest BCUT2D eigenvalue weighted by molar-refractivity contribution is -0.148. The predicted molar refractivity (Wildman–Crippen MR) is 255 cm³/mol. The molecule has 4 aromatic carbocycles. The Morgan fingerprint density at radius 1 is 0.647 bits per heavy atom. The van der Waals surface area contributed by atoms with Crippen molar-refractivity contribution in [1.82, 2.24) is 19.8 Å². The summed E-state index contributed by atoms with van der Waals surface area (Å²) in [6.45, 7) is 14.9. The molecule has 2 aliphatic rings. The Morgan fingerprint density at radius 2 is 1.01 bits per heavy atom. The maximum atomic E-state index is 15.6. The number of esters is 1. The number of para-hydroxylation sites is 2. The second kappa shape index (κ2) is 19.1. The van der Waals surface area contributed by atoms with E-state index in [1.807, 2.05) is 67.3 Å². The Hall–Kier alpha value is -6.12. The van der Waals surface area contributed by atoms with Gasteiger partial charge in [-0.25, -0.2) is 35.9 Å². The molecule has 68 heavy (non-hydrogen) atoms. The molecule has 0 fully saturated rings. The molecule has 8 rings (SSSR count). The van der Waals surface area contributed by atoms with Crippen LogP contribution in [0.4, 0.5) is 26.3 Å². The maximum absolute atomic E-state index is 15.6. The Bertz CT molecular complexity index is 2870. The minimum Gasteiger partial charge on any atom is -0.478 e. The van der Waals surface area contributed by atoms with E-state index in [0.717, 1.165) is 63.3 Å². The topological polar surface area (TPSA) is 102 Å². The number of ether oxygens (including phenoxy) is 1. The zero-order chi connectivity index (χ0) is 49.6. The SMILES string of the molecule is C[C@@H]1Cc2c([nH]c3ccccc23)[C@@H](c2c(F)cc(/C=C/C(=O)O)cc2F)N1CC(C)(C)F.C[C@@H]1Cc2c([nH]c3ccccc23)[C@@H](c2c(F)cc(/C=C/C(=O)OC(C)(C)C)cc2F)N1CC(C)(C)F. The lowest BCUT2D eigenvalue weighted by Crippen LogP contribution is -2.48. The molecule has 3 N–H and O–H groups in total. The van der Waals surface area contributed by atoms with Crippen molar-refractivity contribution >= 4 is 45.9 Å². The minimum atomic E-state index is -1.58. The molecule has 4 atom stereocenters. The highest BCUT2D eigenvalue weighted by Crippen LogP contribution is 2.45. The van der Waals surface area contributed by atoms with E-state index in [2.05, 4.69) is 9.97 Å². The lowest BCUT2D eigenvalue weighted by Gasteiger charge is -2.43. The van der Waals surface area contributed by atoms with E-state index < -0.39 is 64.2 Å². The van der Waals surface area contributed by atoms with Gasteiger partial charge in [-0.2, -0.15) is 0 Å². The van der Waals surface area contributed by atoms with Crippen LogP contribution in [0.3, 0.4) is 0 Å². The molecule has 0 saturated carbocycles. The van der Waals surface area contributed by atoms with E-state index in [1.165, 1.54) is 45.9 Å². The third kappa shape index (κ3) is 11.1. The molecule has 14 heteroatoms. The average molecular weight is 941 g/mol. The number of H-pyrrole nitrogens is 2. The molecule has 360 valence electrons. The van der Waals surface area contributed by atoms with Crippen LogP contribution in [0.2, 0.25) is 0 Å². The highest BCUT2D eigenvalue weighted by Gasteiger charge is 2.42. The first-order valence-electron chi connectivity index (χ1n) is 22.7. The number of aromatic nitrogens is 2. The number of hydrogen-bond acceptors (Lipinski definition) is 5. The van der Waals surface area contributed by atoms with Gasteiger partial charge in [0.15, 0.2) is 0 Å². The minimum absolute atomic E-state index is 0.00676. The fourth-order valence-electron chi connectivity index (χ4n) is 9.59. The molecule has 0 aliphatic carbocycles. The Labute approximate surface area is 392 Å². The zero-order valence-corrected chi connectivity index (χ0v) is 39.7. The number of aliphatic carboxylic acids is 1. The number of aromatic amines is 2. The summed E-state index contributed by atoms with van der Waals surface area (Å²) in [5.74, 6) is -4.95. The van der Waals surface area contributed by atoms with Gasteiger partial charge in [0, 0.05) is 81.6 Å². The summed E-state index contributed by atoms with van der Waals surface area (Å²) in [6.07, 6.45) is 5.68. The highest BCUT2D eigenvalue weighted by atomic mass is 19.2. The molecule has 2 aliphatic heterocycles. The summed E-state index contributed by atoms with van der Waals surface area (Å²) in [6, 6.07) is 18.0. The summed E-state index contributed by atoms with van der Waals surface area (Å²) < 4.78 is 96.8. The van der Waals surface area contributed by atoms with Crippen molar-refractivity contribution in [1.29, 1.82) is 0 Å². The van der Waals surface area contributed by atoms with Crippen molar-refractivity contribution in [3.63, 3.8) is 0 Å². The molecular weight excluding hydrogens is 883 g/mol. The fraction of sp³-hybridized carbons (Fsp3) is 0.370. The number of carboxylic acids is 1. The lowest BCUT2D eigenvalue weighted by atomic mass is 9.87. The second-order valence-electron chi connectivity index (χ2n) is 20.2. The smallest absolute Gasteiger partial charge is 0.331 e. The summed E-state index contributed by atoms with van der Waals surface area (Å²) >= 11 is 0.